The number of allylic oxidation sites excluding steroid dienone is 9. The van der Waals surface area contributed by atoms with Crippen LogP contribution >= 0.6 is 0 Å². The maximum atomic E-state index is 13.5. The molecule has 19 nitrogen and oxygen atoms in total. The van der Waals surface area contributed by atoms with E-state index in [1.807, 2.05) is 6.08 Å². The third-order valence-electron chi connectivity index (χ3n) is 21.3. The Bertz CT molecular complexity index is 2130. The number of amides is 1. The lowest BCUT2D eigenvalue weighted by atomic mass is 9.96. The molecule has 3 aliphatic rings. The minimum absolute atomic E-state index is 0.235. The molecule has 0 aromatic heterocycles. The van der Waals surface area contributed by atoms with Crippen molar-refractivity contribution in [3.05, 3.63) is 60.8 Å². The summed E-state index contributed by atoms with van der Waals surface area (Å²) in [7, 11) is 0. The van der Waals surface area contributed by atoms with E-state index >= 15 is 0 Å². The standard InChI is InChI=1S/C86H157NO18/c1-3-5-7-9-11-13-15-17-19-21-23-25-27-29-31-33-34-36-38-40-42-44-46-48-50-52-54-56-58-60-62-64-74(92)87-69(70(91)63-61-59-57-55-53-51-49-47-45-43-41-39-37-35-32-30-28-26-24-22-20-18-16-14-12-10-8-6-4-2)68-100-84-80(98)77(95)82(72(66-89)102-84)105-86-81(99)78(96)83(73(67-90)103-86)104-85-79(97)76(94)75(93)71(65-88)101-85/h15,17,21,23,27,29,53,55,61,63,69-73,75-86,88-91,93-99H,3-14,16,18-20,22,24-26,28,30-52,54,56-60,62,64-68H2,1-2H3,(H,87,92)/b17-15-,23-21-,29-27-,55-53+,63-61+. The highest BCUT2D eigenvalue weighted by molar-refractivity contribution is 5.76. The van der Waals surface area contributed by atoms with Gasteiger partial charge in [0.2, 0.25) is 5.91 Å². The Balaban J connectivity index is 1.36. The zero-order valence-corrected chi connectivity index (χ0v) is 66.0. The second-order valence-corrected chi connectivity index (χ2v) is 30.6. The van der Waals surface area contributed by atoms with Crippen molar-refractivity contribution in [3.63, 3.8) is 0 Å². The van der Waals surface area contributed by atoms with Crippen molar-refractivity contribution in [2.24, 2.45) is 0 Å². The summed E-state index contributed by atoms with van der Waals surface area (Å²) in [5, 5.41) is 121. The number of aliphatic hydroxyl groups is 11. The number of hydrogen-bond acceptors (Lipinski definition) is 18. The second kappa shape index (κ2) is 66.1. The first-order chi connectivity index (χ1) is 51.3. The van der Waals surface area contributed by atoms with Gasteiger partial charge in [-0.3, -0.25) is 4.79 Å². The lowest BCUT2D eigenvalue weighted by Crippen LogP contribution is -2.66. The second-order valence-electron chi connectivity index (χ2n) is 30.6. The number of ether oxygens (including phenoxy) is 6. The van der Waals surface area contributed by atoms with Crippen LogP contribution in [0.1, 0.15) is 348 Å². The van der Waals surface area contributed by atoms with Gasteiger partial charge >= 0.3 is 0 Å². The van der Waals surface area contributed by atoms with E-state index in [4.69, 9.17) is 28.4 Å². The van der Waals surface area contributed by atoms with Crippen LogP contribution in [-0.4, -0.2) is 193 Å². The fourth-order valence-electron chi connectivity index (χ4n) is 14.4. The van der Waals surface area contributed by atoms with Crippen LogP contribution in [0.4, 0.5) is 0 Å². The summed E-state index contributed by atoms with van der Waals surface area (Å²) >= 11 is 0. The topological polar surface area (TPSA) is 307 Å². The molecule has 19 heteroatoms. The summed E-state index contributed by atoms with van der Waals surface area (Å²) in [6, 6.07) is -0.994. The lowest BCUT2D eigenvalue weighted by molar-refractivity contribution is -0.379. The molecule has 0 bridgehead atoms. The summed E-state index contributed by atoms with van der Waals surface area (Å²) in [6.07, 6.45) is 59.3. The number of carbonyl (C=O) groups excluding carboxylic acids is 1. The molecule has 12 N–H and O–H groups in total. The predicted molar refractivity (Wildman–Crippen MR) is 420 cm³/mol. The molecular formula is C86H157NO18. The van der Waals surface area contributed by atoms with Crippen molar-refractivity contribution in [1.29, 1.82) is 0 Å². The molecule has 614 valence electrons. The molecule has 3 fully saturated rings. The maximum absolute atomic E-state index is 13.5. The summed E-state index contributed by atoms with van der Waals surface area (Å²) in [5.41, 5.74) is 0. The van der Waals surface area contributed by atoms with Gasteiger partial charge in [-0.2, -0.15) is 0 Å². The van der Waals surface area contributed by atoms with E-state index in [1.165, 1.54) is 263 Å². The van der Waals surface area contributed by atoms with Gasteiger partial charge in [0, 0.05) is 6.42 Å². The van der Waals surface area contributed by atoms with Crippen LogP contribution in [-0.2, 0) is 33.2 Å². The Labute approximate surface area is 636 Å². The molecule has 105 heavy (non-hydrogen) atoms. The van der Waals surface area contributed by atoms with Gasteiger partial charge < -0.3 is 89.9 Å². The van der Waals surface area contributed by atoms with Gasteiger partial charge in [-0.15, -0.1) is 0 Å². The molecule has 0 saturated carbocycles. The number of carbonyl (C=O) groups is 1. The van der Waals surface area contributed by atoms with Crippen LogP contribution < -0.4 is 5.32 Å². The van der Waals surface area contributed by atoms with Gasteiger partial charge in [-0.05, 0) is 70.6 Å². The van der Waals surface area contributed by atoms with Gasteiger partial charge in [0.05, 0.1) is 38.6 Å². The van der Waals surface area contributed by atoms with Crippen LogP contribution in [0.15, 0.2) is 60.8 Å². The van der Waals surface area contributed by atoms with Crippen LogP contribution in [0.25, 0.3) is 0 Å². The Hall–Kier alpha value is -2.51. The highest BCUT2D eigenvalue weighted by Crippen LogP contribution is 2.33. The Morgan fingerprint density at radius 2 is 0.638 bits per heavy atom. The quantitative estimate of drug-likeness (QED) is 0.0199. The van der Waals surface area contributed by atoms with Crippen molar-refractivity contribution in [2.45, 2.75) is 452 Å². The molecule has 1 amide bonds. The average Bonchev–Trinajstić information content (AvgIpc) is 0.781. The minimum Gasteiger partial charge on any atom is -0.394 e. The van der Waals surface area contributed by atoms with Crippen molar-refractivity contribution < 1.29 is 89.4 Å². The molecule has 0 spiro atoms. The first-order valence-corrected chi connectivity index (χ1v) is 43.0. The van der Waals surface area contributed by atoms with Crippen molar-refractivity contribution in [2.75, 3.05) is 26.4 Å². The number of unbranched alkanes of at least 4 members (excludes halogenated alkanes) is 45. The van der Waals surface area contributed by atoms with Gasteiger partial charge in [0.15, 0.2) is 18.9 Å². The Morgan fingerprint density at radius 3 is 1.02 bits per heavy atom. The number of nitrogens with one attached hydrogen (secondary N) is 1. The summed E-state index contributed by atoms with van der Waals surface area (Å²) in [4.78, 5) is 13.5. The van der Waals surface area contributed by atoms with E-state index in [-0.39, 0.29) is 18.9 Å². The van der Waals surface area contributed by atoms with Crippen molar-refractivity contribution in [1.82, 2.24) is 5.32 Å². The van der Waals surface area contributed by atoms with E-state index in [0.29, 0.717) is 12.8 Å². The summed E-state index contributed by atoms with van der Waals surface area (Å²) in [5.74, 6) is -0.282. The van der Waals surface area contributed by atoms with E-state index in [1.54, 1.807) is 6.08 Å². The molecule has 0 radical (unpaired) electrons. The Morgan fingerprint density at radius 1 is 0.343 bits per heavy atom. The molecule has 3 saturated heterocycles. The van der Waals surface area contributed by atoms with Gasteiger partial charge in [0.25, 0.3) is 0 Å². The predicted octanol–water partition coefficient (Wildman–Crippen LogP) is 15.4. The molecule has 3 aliphatic heterocycles. The summed E-state index contributed by atoms with van der Waals surface area (Å²) in [6.45, 7) is 1.76. The minimum atomic E-state index is -1.98. The highest BCUT2D eigenvalue weighted by atomic mass is 16.8. The zero-order chi connectivity index (χ0) is 76.0. The lowest BCUT2D eigenvalue weighted by Gasteiger charge is -2.48. The molecule has 0 aromatic rings. The first kappa shape index (κ1) is 96.7. The molecule has 0 aromatic carbocycles. The fraction of sp³-hybridized carbons (Fsp3) is 0.872. The largest absolute Gasteiger partial charge is 0.394 e. The van der Waals surface area contributed by atoms with Crippen LogP contribution in [0.3, 0.4) is 0 Å². The van der Waals surface area contributed by atoms with E-state index in [0.717, 1.165) is 51.4 Å². The molecular weight excluding hydrogens is 1330 g/mol. The first-order valence-electron chi connectivity index (χ1n) is 43.0. The third-order valence-corrected chi connectivity index (χ3v) is 21.3. The molecule has 3 heterocycles. The number of rotatable bonds is 69. The van der Waals surface area contributed by atoms with Gasteiger partial charge in [-0.1, -0.05) is 331 Å². The van der Waals surface area contributed by atoms with E-state index in [9.17, 15) is 61.0 Å². The number of aliphatic hydroxyl groups excluding tert-OH is 11. The number of hydrogen-bond donors (Lipinski definition) is 12. The molecule has 3 rings (SSSR count). The van der Waals surface area contributed by atoms with Crippen LogP contribution in [0, 0.1) is 0 Å². The SMILES string of the molecule is CCCCCCC/C=C\C/C=C\C/C=C\CCCCCCCCCCCCCCCCCCC(=O)NC(COC1OC(CO)C(OC2OC(CO)C(OC3OC(CO)C(O)C(O)C3O)C(O)C2O)C(O)C1O)C(O)/C=C/CC/C=C/CCCCCCCCCCCCCCCCCCCCCCCCC. The maximum Gasteiger partial charge on any atom is 0.220 e. The van der Waals surface area contributed by atoms with Gasteiger partial charge in [0.1, 0.15) is 73.2 Å². The average molecular weight is 1490 g/mol. The normalized spacial score (nSPS) is 26.0. The molecule has 0 aliphatic carbocycles. The molecule has 17 unspecified atom stereocenters. The van der Waals surface area contributed by atoms with E-state index in [2.05, 4.69) is 67.8 Å². The van der Waals surface area contributed by atoms with Crippen LogP contribution in [0.5, 0.6) is 0 Å². The Kier molecular flexibility index (Phi) is 60.9. The van der Waals surface area contributed by atoms with E-state index < -0.39 is 124 Å². The monoisotopic (exact) mass is 1490 g/mol. The van der Waals surface area contributed by atoms with Crippen LogP contribution in [0.2, 0.25) is 0 Å². The van der Waals surface area contributed by atoms with Gasteiger partial charge in [-0.25, -0.2) is 0 Å². The third kappa shape index (κ3) is 45.6. The zero-order valence-electron chi connectivity index (χ0n) is 66.0. The highest BCUT2D eigenvalue weighted by Gasteiger charge is 2.54. The fourth-order valence-corrected chi connectivity index (χ4v) is 14.4. The van der Waals surface area contributed by atoms with Crippen molar-refractivity contribution >= 4 is 5.91 Å². The van der Waals surface area contributed by atoms with Crippen molar-refractivity contribution in [3.8, 4) is 0 Å². The smallest absolute Gasteiger partial charge is 0.220 e. The summed E-state index contributed by atoms with van der Waals surface area (Å²) < 4.78 is 34.5. The molecule has 17 atom stereocenters.